The molecule has 2 aromatic rings. The molecule has 1 aromatic heterocycles. The van der Waals surface area contributed by atoms with Crippen LogP contribution in [0.3, 0.4) is 0 Å². The van der Waals surface area contributed by atoms with Gasteiger partial charge in [0.25, 0.3) is 5.91 Å². The highest BCUT2D eigenvalue weighted by atomic mass is 79.9. The zero-order valence-corrected chi connectivity index (χ0v) is 15.3. The third-order valence-corrected chi connectivity index (χ3v) is 4.07. The molecule has 1 amide bonds. The Kier molecular flexibility index (Phi) is 6.16. The third kappa shape index (κ3) is 5.36. The number of anilines is 2. The first kappa shape index (κ1) is 17.5. The maximum Gasteiger partial charge on any atom is 0.252 e. The van der Waals surface area contributed by atoms with E-state index >= 15 is 0 Å². The summed E-state index contributed by atoms with van der Waals surface area (Å²) in [7, 11) is 0. The van der Waals surface area contributed by atoms with Crippen molar-refractivity contribution in [3.63, 3.8) is 0 Å². The fourth-order valence-corrected chi connectivity index (χ4v) is 2.68. The van der Waals surface area contributed by atoms with Crippen LogP contribution in [-0.4, -0.2) is 17.4 Å². The second kappa shape index (κ2) is 8.11. The molecular weight excluding hydrogens is 354 g/mol. The van der Waals surface area contributed by atoms with Crippen LogP contribution >= 0.6 is 15.9 Å². The zero-order chi connectivity index (χ0) is 16.8. The molecule has 0 saturated carbocycles. The monoisotopic (exact) mass is 375 g/mol. The van der Waals surface area contributed by atoms with E-state index in [0.29, 0.717) is 18.0 Å². The van der Waals surface area contributed by atoms with Crippen molar-refractivity contribution in [3.8, 4) is 0 Å². The minimum Gasteiger partial charge on any atom is -0.353 e. The number of carbonyl (C=O) groups is 1. The lowest BCUT2D eigenvalue weighted by atomic mass is 10.1. The molecule has 122 valence electrons. The highest BCUT2D eigenvalue weighted by Gasteiger charge is 2.08. The molecule has 1 heterocycles. The van der Waals surface area contributed by atoms with E-state index in [1.54, 1.807) is 12.4 Å². The summed E-state index contributed by atoms with van der Waals surface area (Å²) in [5, 5.41) is 6.20. The first-order valence-electron chi connectivity index (χ1n) is 7.72. The summed E-state index contributed by atoms with van der Waals surface area (Å²) < 4.78 is 0.976. The van der Waals surface area contributed by atoms with Crippen LogP contribution in [0.5, 0.6) is 0 Å². The van der Waals surface area contributed by atoms with Gasteiger partial charge < -0.3 is 10.6 Å². The van der Waals surface area contributed by atoms with Crippen LogP contribution in [0.25, 0.3) is 0 Å². The fraction of sp³-hybridized carbons (Fsp3) is 0.333. The van der Waals surface area contributed by atoms with Gasteiger partial charge in [0.1, 0.15) is 0 Å². The SMILES string of the molecule is Cc1ccc(Nc2cncc(C(=O)NCCC(C)C)c2)c(Br)c1. The first-order chi connectivity index (χ1) is 11.0. The Morgan fingerprint density at radius 1 is 1.26 bits per heavy atom. The molecule has 0 unspecified atom stereocenters. The van der Waals surface area contributed by atoms with Gasteiger partial charge in [-0.05, 0) is 59.0 Å². The van der Waals surface area contributed by atoms with Crippen molar-refractivity contribution in [2.24, 2.45) is 5.92 Å². The van der Waals surface area contributed by atoms with Crippen molar-refractivity contribution in [2.75, 3.05) is 11.9 Å². The van der Waals surface area contributed by atoms with Crippen LogP contribution in [-0.2, 0) is 0 Å². The molecule has 0 aliphatic carbocycles. The second-order valence-corrected chi connectivity index (χ2v) is 6.86. The summed E-state index contributed by atoms with van der Waals surface area (Å²) in [5.41, 5.74) is 3.46. The number of hydrogen-bond acceptors (Lipinski definition) is 3. The van der Waals surface area contributed by atoms with Crippen LogP contribution in [0.1, 0.15) is 36.2 Å². The van der Waals surface area contributed by atoms with Gasteiger partial charge in [0.05, 0.1) is 23.1 Å². The van der Waals surface area contributed by atoms with Crippen molar-refractivity contribution < 1.29 is 4.79 Å². The quantitative estimate of drug-likeness (QED) is 0.770. The normalized spacial score (nSPS) is 10.7. The van der Waals surface area contributed by atoms with Crippen molar-refractivity contribution in [2.45, 2.75) is 27.2 Å². The molecule has 0 aliphatic heterocycles. The van der Waals surface area contributed by atoms with Crippen LogP contribution < -0.4 is 10.6 Å². The standard InChI is InChI=1S/C18H22BrN3O/c1-12(2)6-7-21-18(23)14-9-15(11-20-10-14)22-17-5-4-13(3)8-16(17)19/h4-5,8-12,22H,6-7H2,1-3H3,(H,21,23). The Labute approximate surface area is 145 Å². The van der Waals surface area contributed by atoms with E-state index in [9.17, 15) is 4.79 Å². The van der Waals surface area contributed by atoms with Crippen molar-refractivity contribution >= 4 is 33.2 Å². The minimum absolute atomic E-state index is 0.0928. The Morgan fingerprint density at radius 3 is 2.74 bits per heavy atom. The molecule has 0 radical (unpaired) electrons. The molecule has 2 N–H and O–H groups in total. The molecular formula is C18H22BrN3O. The maximum atomic E-state index is 12.2. The van der Waals surface area contributed by atoms with E-state index in [4.69, 9.17) is 0 Å². The minimum atomic E-state index is -0.0928. The number of halogens is 1. The zero-order valence-electron chi connectivity index (χ0n) is 13.7. The lowest BCUT2D eigenvalue weighted by Gasteiger charge is -2.11. The highest BCUT2D eigenvalue weighted by molar-refractivity contribution is 9.10. The highest BCUT2D eigenvalue weighted by Crippen LogP contribution is 2.26. The molecule has 1 aromatic carbocycles. The van der Waals surface area contributed by atoms with Crippen LogP contribution in [0.4, 0.5) is 11.4 Å². The molecule has 4 nitrogen and oxygen atoms in total. The number of aromatic nitrogens is 1. The van der Waals surface area contributed by atoms with Crippen LogP contribution in [0.15, 0.2) is 41.1 Å². The van der Waals surface area contributed by atoms with Gasteiger partial charge in [0, 0.05) is 17.2 Å². The molecule has 0 spiro atoms. The molecule has 23 heavy (non-hydrogen) atoms. The molecule has 5 heteroatoms. The van der Waals surface area contributed by atoms with Gasteiger partial charge in [-0.3, -0.25) is 9.78 Å². The largest absolute Gasteiger partial charge is 0.353 e. The Morgan fingerprint density at radius 2 is 2.04 bits per heavy atom. The van der Waals surface area contributed by atoms with Gasteiger partial charge >= 0.3 is 0 Å². The van der Waals surface area contributed by atoms with Gasteiger partial charge in [-0.25, -0.2) is 0 Å². The number of hydrogen-bond donors (Lipinski definition) is 2. The third-order valence-electron chi connectivity index (χ3n) is 3.41. The first-order valence-corrected chi connectivity index (χ1v) is 8.51. The Bertz CT molecular complexity index is 686. The number of pyridine rings is 1. The van der Waals surface area contributed by atoms with Gasteiger partial charge in [0.15, 0.2) is 0 Å². The maximum absolute atomic E-state index is 12.2. The summed E-state index contributed by atoms with van der Waals surface area (Å²) in [6.45, 7) is 6.99. The predicted molar refractivity (Wildman–Crippen MR) is 98.2 cm³/mol. The number of nitrogens with zero attached hydrogens (tertiary/aromatic N) is 1. The molecule has 0 aliphatic rings. The number of benzene rings is 1. The molecule has 0 saturated heterocycles. The number of amides is 1. The van der Waals surface area contributed by atoms with Crippen molar-refractivity contribution in [1.29, 1.82) is 0 Å². The number of aryl methyl sites for hydroxylation is 1. The second-order valence-electron chi connectivity index (χ2n) is 6.01. The predicted octanol–water partition coefficient (Wildman–Crippen LogP) is 4.67. The summed E-state index contributed by atoms with van der Waals surface area (Å²) in [5.74, 6) is 0.477. The summed E-state index contributed by atoms with van der Waals surface area (Å²) >= 11 is 3.54. The number of rotatable bonds is 6. The van der Waals surface area contributed by atoms with Gasteiger partial charge in [0.2, 0.25) is 0 Å². The van der Waals surface area contributed by atoms with Gasteiger partial charge in [-0.15, -0.1) is 0 Å². The average Bonchev–Trinajstić information content (AvgIpc) is 2.50. The number of carbonyl (C=O) groups excluding carboxylic acids is 1. The number of nitrogens with one attached hydrogen (secondary N) is 2. The van der Waals surface area contributed by atoms with E-state index < -0.39 is 0 Å². The van der Waals surface area contributed by atoms with Crippen molar-refractivity contribution in [3.05, 3.63) is 52.3 Å². The molecule has 0 bridgehead atoms. The Balaban J connectivity index is 2.06. The molecule has 2 rings (SSSR count). The van der Waals surface area contributed by atoms with Crippen LogP contribution in [0.2, 0.25) is 0 Å². The van der Waals surface area contributed by atoms with E-state index in [1.807, 2.05) is 31.2 Å². The van der Waals surface area contributed by atoms with E-state index in [-0.39, 0.29) is 5.91 Å². The lowest BCUT2D eigenvalue weighted by Crippen LogP contribution is -2.25. The topological polar surface area (TPSA) is 54.0 Å². The van der Waals surface area contributed by atoms with E-state index in [1.165, 1.54) is 5.56 Å². The van der Waals surface area contributed by atoms with Crippen LogP contribution in [0, 0.1) is 12.8 Å². The molecule has 0 fully saturated rings. The van der Waals surface area contributed by atoms with E-state index in [0.717, 1.165) is 22.3 Å². The van der Waals surface area contributed by atoms with E-state index in [2.05, 4.69) is 45.4 Å². The lowest BCUT2D eigenvalue weighted by molar-refractivity contribution is 0.0951. The van der Waals surface area contributed by atoms with Gasteiger partial charge in [-0.1, -0.05) is 19.9 Å². The van der Waals surface area contributed by atoms with Crippen molar-refractivity contribution in [1.82, 2.24) is 10.3 Å². The smallest absolute Gasteiger partial charge is 0.252 e. The average molecular weight is 376 g/mol. The Hall–Kier alpha value is -1.88. The summed E-state index contributed by atoms with van der Waals surface area (Å²) in [4.78, 5) is 16.3. The fourth-order valence-electron chi connectivity index (χ4n) is 2.09. The summed E-state index contributed by atoms with van der Waals surface area (Å²) in [6, 6.07) is 7.88. The molecule has 0 atom stereocenters. The van der Waals surface area contributed by atoms with Gasteiger partial charge in [-0.2, -0.15) is 0 Å². The summed E-state index contributed by atoms with van der Waals surface area (Å²) in [6.07, 6.45) is 4.25.